The summed E-state index contributed by atoms with van der Waals surface area (Å²) < 4.78 is 1.53. The van der Waals surface area contributed by atoms with Crippen molar-refractivity contribution in [3.05, 3.63) is 98.8 Å². The fourth-order valence-corrected chi connectivity index (χ4v) is 4.65. The van der Waals surface area contributed by atoms with Crippen molar-refractivity contribution in [3.63, 3.8) is 0 Å². The Balaban J connectivity index is 1.59. The molecule has 0 fully saturated rings. The highest BCUT2D eigenvalue weighted by molar-refractivity contribution is 7.99. The Labute approximate surface area is 224 Å². The third kappa shape index (κ3) is 6.78. The van der Waals surface area contributed by atoms with Crippen molar-refractivity contribution in [2.75, 3.05) is 11.1 Å². The first-order valence-electron chi connectivity index (χ1n) is 11.8. The fraction of sp³-hybridized carbons (Fsp3) is 0.214. The Morgan fingerprint density at radius 2 is 1.73 bits per heavy atom. The second-order valence-corrected chi connectivity index (χ2v) is 10.4. The molecule has 2 N–H and O–H groups in total. The number of rotatable bonds is 8. The maximum absolute atomic E-state index is 13.5. The predicted octanol–water partition coefficient (Wildman–Crippen LogP) is 5.28. The van der Waals surface area contributed by atoms with E-state index in [0.717, 1.165) is 11.1 Å². The van der Waals surface area contributed by atoms with Gasteiger partial charge in [0.05, 0.1) is 23.2 Å². The van der Waals surface area contributed by atoms with Crippen LogP contribution < -0.4 is 16.2 Å². The first-order valence-corrected chi connectivity index (χ1v) is 13.1. The third-order valence-electron chi connectivity index (χ3n) is 5.53. The molecule has 3 aromatic carbocycles. The van der Waals surface area contributed by atoms with E-state index in [-0.39, 0.29) is 35.7 Å². The zero-order chi connectivity index (χ0) is 26.5. The number of aryl methyl sites for hydroxylation is 1. The molecule has 1 aromatic heterocycles. The van der Waals surface area contributed by atoms with E-state index < -0.39 is 0 Å². The van der Waals surface area contributed by atoms with Crippen molar-refractivity contribution in [2.45, 2.75) is 38.5 Å². The van der Waals surface area contributed by atoms with Crippen LogP contribution in [0.4, 0.5) is 5.69 Å². The molecule has 4 rings (SSSR count). The quantitative estimate of drug-likeness (QED) is 0.237. The fourth-order valence-electron chi connectivity index (χ4n) is 3.68. The van der Waals surface area contributed by atoms with Crippen LogP contribution >= 0.6 is 23.4 Å². The van der Waals surface area contributed by atoms with Crippen molar-refractivity contribution >= 4 is 51.8 Å². The molecule has 0 bridgehead atoms. The van der Waals surface area contributed by atoms with Gasteiger partial charge < -0.3 is 10.6 Å². The van der Waals surface area contributed by atoms with Crippen molar-refractivity contribution in [1.29, 1.82) is 0 Å². The number of halogens is 1. The number of nitrogens with zero attached hydrogens (tertiary/aromatic N) is 2. The molecule has 0 aliphatic rings. The van der Waals surface area contributed by atoms with Crippen molar-refractivity contribution in [2.24, 2.45) is 0 Å². The number of hydrogen-bond donors (Lipinski definition) is 2. The lowest BCUT2D eigenvalue weighted by Crippen LogP contribution is -2.30. The number of fused-ring (bicyclic) bond motifs is 1. The SMILES string of the molecule is Cc1ccc(NC(=O)CSc2nc3ccc(Cl)cc3c(=O)n2Cc2ccc(C(=O)NC(C)C)cc2)cc1. The van der Waals surface area contributed by atoms with E-state index in [1.807, 2.05) is 57.2 Å². The average Bonchev–Trinajstić information content (AvgIpc) is 2.86. The molecule has 190 valence electrons. The molecule has 0 saturated carbocycles. The highest BCUT2D eigenvalue weighted by Gasteiger charge is 2.15. The van der Waals surface area contributed by atoms with E-state index in [1.54, 1.807) is 30.3 Å². The lowest BCUT2D eigenvalue weighted by Gasteiger charge is -2.14. The Kier molecular flexibility index (Phi) is 8.31. The van der Waals surface area contributed by atoms with Crippen molar-refractivity contribution < 1.29 is 9.59 Å². The van der Waals surface area contributed by atoms with E-state index >= 15 is 0 Å². The van der Waals surface area contributed by atoms with Gasteiger partial charge in [-0.25, -0.2) is 4.98 Å². The van der Waals surface area contributed by atoms with Gasteiger partial charge in [-0.3, -0.25) is 19.0 Å². The van der Waals surface area contributed by atoms with Crippen LogP contribution in [0.15, 0.2) is 76.7 Å². The van der Waals surface area contributed by atoms with Crippen molar-refractivity contribution in [1.82, 2.24) is 14.9 Å². The largest absolute Gasteiger partial charge is 0.350 e. The van der Waals surface area contributed by atoms with Crippen LogP contribution in [0.2, 0.25) is 5.02 Å². The van der Waals surface area contributed by atoms with Gasteiger partial charge in [0, 0.05) is 22.3 Å². The molecular weight excluding hydrogens is 508 g/mol. The third-order valence-corrected chi connectivity index (χ3v) is 6.74. The van der Waals surface area contributed by atoms with Crippen LogP contribution in [-0.4, -0.2) is 33.2 Å². The monoisotopic (exact) mass is 534 g/mol. The summed E-state index contributed by atoms with van der Waals surface area (Å²) in [6.07, 6.45) is 0. The molecule has 0 unspecified atom stereocenters. The Morgan fingerprint density at radius 1 is 1.03 bits per heavy atom. The molecule has 7 nitrogen and oxygen atoms in total. The average molecular weight is 535 g/mol. The maximum atomic E-state index is 13.5. The van der Waals surface area contributed by atoms with E-state index in [0.29, 0.717) is 32.3 Å². The normalized spacial score (nSPS) is 11.1. The molecule has 0 aliphatic heterocycles. The summed E-state index contributed by atoms with van der Waals surface area (Å²) in [4.78, 5) is 43.0. The number of nitrogens with one attached hydrogen (secondary N) is 2. The second-order valence-electron chi connectivity index (χ2n) is 8.98. The number of carbonyl (C=O) groups excluding carboxylic acids is 2. The zero-order valence-electron chi connectivity index (χ0n) is 20.7. The second kappa shape index (κ2) is 11.6. The molecule has 2 amide bonds. The molecule has 0 saturated heterocycles. The Hall–Kier alpha value is -3.62. The summed E-state index contributed by atoms with van der Waals surface area (Å²) in [6, 6.07) is 19.6. The maximum Gasteiger partial charge on any atom is 0.262 e. The topological polar surface area (TPSA) is 93.1 Å². The predicted molar refractivity (Wildman–Crippen MR) is 150 cm³/mol. The van der Waals surface area contributed by atoms with E-state index in [2.05, 4.69) is 15.6 Å². The first-order chi connectivity index (χ1) is 17.7. The summed E-state index contributed by atoms with van der Waals surface area (Å²) in [5.74, 6) is -0.281. The number of aromatic nitrogens is 2. The first kappa shape index (κ1) is 26.4. The molecule has 37 heavy (non-hydrogen) atoms. The van der Waals surface area contributed by atoms with Crippen LogP contribution in [0.3, 0.4) is 0 Å². The van der Waals surface area contributed by atoms with Gasteiger partial charge in [-0.1, -0.05) is 53.2 Å². The molecule has 0 atom stereocenters. The van der Waals surface area contributed by atoms with Crippen molar-refractivity contribution in [3.8, 4) is 0 Å². The number of thioether (sulfide) groups is 1. The van der Waals surface area contributed by atoms with E-state index in [1.165, 1.54) is 16.3 Å². The van der Waals surface area contributed by atoms with Gasteiger partial charge in [0.2, 0.25) is 5.91 Å². The molecule has 0 aliphatic carbocycles. The minimum atomic E-state index is -0.254. The van der Waals surface area contributed by atoms with Gasteiger partial charge in [0.1, 0.15) is 0 Å². The highest BCUT2D eigenvalue weighted by Crippen LogP contribution is 2.22. The number of amides is 2. The van der Waals surface area contributed by atoms with Crippen LogP contribution in [0, 0.1) is 6.92 Å². The highest BCUT2D eigenvalue weighted by atomic mass is 35.5. The van der Waals surface area contributed by atoms with Gasteiger partial charge in [-0.05, 0) is 68.8 Å². The number of hydrogen-bond acceptors (Lipinski definition) is 5. The molecule has 0 spiro atoms. The van der Waals surface area contributed by atoms with Crippen LogP contribution in [0.25, 0.3) is 10.9 Å². The van der Waals surface area contributed by atoms with Crippen LogP contribution in [-0.2, 0) is 11.3 Å². The number of carbonyl (C=O) groups is 2. The minimum Gasteiger partial charge on any atom is -0.350 e. The van der Waals surface area contributed by atoms with Gasteiger partial charge in [0.15, 0.2) is 5.16 Å². The van der Waals surface area contributed by atoms with Gasteiger partial charge in [-0.15, -0.1) is 0 Å². The summed E-state index contributed by atoms with van der Waals surface area (Å²) in [7, 11) is 0. The molecule has 4 aromatic rings. The number of anilines is 1. The molecule has 1 heterocycles. The van der Waals surface area contributed by atoms with Gasteiger partial charge in [0.25, 0.3) is 11.5 Å². The van der Waals surface area contributed by atoms with Gasteiger partial charge in [-0.2, -0.15) is 0 Å². The Morgan fingerprint density at radius 3 is 2.41 bits per heavy atom. The van der Waals surface area contributed by atoms with Crippen LogP contribution in [0.1, 0.15) is 35.3 Å². The summed E-state index contributed by atoms with van der Waals surface area (Å²) >= 11 is 7.33. The zero-order valence-corrected chi connectivity index (χ0v) is 22.3. The Bertz CT molecular complexity index is 1500. The van der Waals surface area contributed by atoms with E-state index in [9.17, 15) is 14.4 Å². The molecule has 9 heteroatoms. The summed E-state index contributed by atoms with van der Waals surface area (Å²) in [5, 5.41) is 6.98. The molecule has 0 radical (unpaired) electrons. The standard InChI is InChI=1S/C28H27ClN4O3S/c1-17(2)30-26(35)20-8-6-19(7-9-20)15-33-27(36)23-14-21(29)10-13-24(23)32-28(33)37-16-25(34)31-22-11-4-18(3)5-12-22/h4-14,17H,15-16H2,1-3H3,(H,30,35)(H,31,34). The molecular formula is C28H27ClN4O3S. The summed E-state index contributed by atoms with van der Waals surface area (Å²) in [6.45, 7) is 6.01. The van der Waals surface area contributed by atoms with E-state index in [4.69, 9.17) is 11.6 Å². The van der Waals surface area contributed by atoms with Crippen LogP contribution in [0.5, 0.6) is 0 Å². The number of benzene rings is 3. The lowest BCUT2D eigenvalue weighted by atomic mass is 10.1. The van der Waals surface area contributed by atoms with Gasteiger partial charge >= 0.3 is 0 Å². The smallest absolute Gasteiger partial charge is 0.262 e. The lowest BCUT2D eigenvalue weighted by molar-refractivity contribution is -0.113. The summed E-state index contributed by atoms with van der Waals surface area (Å²) in [5.41, 5.74) is 3.41. The minimum absolute atomic E-state index is 0.0315.